The highest BCUT2D eigenvalue weighted by Gasteiger charge is 2.16. The van der Waals surface area contributed by atoms with Crippen LogP contribution in [0.4, 0.5) is 0 Å². The predicted octanol–water partition coefficient (Wildman–Crippen LogP) is 1.60. The van der Waals surface area contributed by atoms with Gasteiger partial charge < -0.3 is 15.0 Å². The van der Waals surface area contributed by atoms with Crippen molar-refractivity contribution in [2.24, 2.45) is 12.8 Å². The number of fused-ring (bicyclic) bond motifs is 1. The molecule has 1 aromatic carbocycles. The Labute approximate surface area is 106 Å². The second kappa shape index (κ2) is 4.46. The molecule has 0 fully saturated rings. The van der Waals surface area contributed by atoms with Crippen LogP contribution < -0.4 is 10.5 Å². The SMILES string of the molecule is Cn1ccnc1CC(N)c1ccc2c(c1)CCO2. The van der Waals surface area contributed by atoms with E-state index in [1.54, 1.807) is 6.20 Å². The van der Waals surface area contributed by atoms with Gasteiger partial charge in [-0.1, -0.05) is 12.1 Å². The fraction of sp³-hybridized carbons (Fsp3) is 0.357. The van der Waals surface area contributed by atoms with Gasteiger partial charge in [-0.2, -0.15) is 0 Å². The van der Waals surface area contributed by atoms with Crippen molar-refractivity contribution in [1.82, 2.24) is 9.55 Å². The monoisotopic (exact) mass is 243 g/mol. The van der Waals surface area contributed by atoms with Gasteiger partial charge in [-0.3, -0.25) is 0 Å². The summed E-state index contributed by atoms with van der Waals surface area (Å²) in [6, 6.07) is 6.22. The number of ether oxygens (including phenoxy) is 1. The Kier molecular flexibility index (Phi) is 2.80. The van der Waals surface area contributed by atoms with Crippen LogP contribution in [-0.4, -0.2) is 16.2 Å². The minimum Gasteiger partial charge on any atom is -0.493 e. The predicted molar refractivity (Wildman–Crippen MR) is 69.5 cm³/mol. The molecule has 3 rings (SSSR count). The van der Waals surface area contributed by atoms with Crippen LogP contribution in [0, 0.1) is 0 Å². The summed E-state index contributed by atoms with van der Waals surface area (Å²) in [5.41, 5.74) is 8.68. The summed E-state index contributed by atoms with van der Waals surface area (Å²) in [5, 5.41) is 0. The second-order valence-corrected chi connectivity index (χ2v) is 4.73. The lowest BCUT2D eigenvalue weighted by atomic mass is 10.0. The minimum atomic E-state index is -0.0167. The summed E-state index contributed by atoms with van der Waals surface area (Å²) >= 11 is 0. The molecule has 0 amide bonds. The molecule has 1 unspecified atom stereocenters. The van der Waals surface area contributed by atoms with Gasteiger partial charge >= 0.3 is 0 Å². The summed E-state index contributed by atoms with van der Waals surface area (Å²) in [6.07, 6.45) is 5.48. The van der Waals surface area contributed by atoms with Gasteiger partial charge in [-0.15, -0.1) is 0 Å². The van der Waals surface area contributed by atoms with Crippen molar-refractivity contribution in [1.29, 1.82) is 0 Å². The van der Waals surface area contributed by atoms with Gasteiger partial charge in [-0.05, 0) is 17.2 Å². The van der Waals surface area contributed by atoms with Crippen molar-refractivity contribution in [2.45, 2.75) is 18.9 Å². The molecule has 2 aromatic rings. The molecular weight excluding hydrogens is 226 g/mol. The number of hydrogen-bond acceptors (Lipinski definition) is 3. The van der Waals surface area contributed by atoms with Gasteiger partial charge in [-0.25, -0.2) is 4.98 Å². The van der Waals surface area contributed by atoms with E-state index in [0.717, 1.165) is 36.6 Å². The van der Waals surface area contributed by atoms with E-state index < -0.39 is 0 Å². The molecule has 94 valence electrons. The third-order valence-corrected chi connectivity index (χ3v) is 3.47. The van der Waals surface area contributed by atoms with Gasteiger partial charge in [0.25, 0.3) is 0 Å². The van der Waals surface area contributed by atoms with Gasteiger partial charge in [0.05, 0.1) is 6.61 Å². The van der Waals surface area contributed by atoms with E-state index in [9.17, 15) is 0 Å². The zero-order chi connectivity index (χ0) is 12.5. The van der Waals surface area contributed by atoms with Crippen LogP contribution in [-0.2, 0) is 19.9 Å². The smallest absolute Gasteiger partial charge is 0.122 e. The Bertz CT molecular complexity index is 562. The summed E-state index contributed by atoms with van der Waals surface area (Å²) in [7, 11) is 1.99. The van der Waals surface area contributed by atoms with E-state index in [1.165, 1.54) is 5.56 Å². The number of hydrogen-bond donors (Lipinski definition) is 1. The van der Waals surface area contributed by atoms with Gasteiger partial charge in [0, 0.05) is 38.3 Å². The number of rotatable bonds is 3. The molecule has 2 heterocycles. The molecule has 18 heavy (non-hydrogen) atoms. The molecule has 2 N–H and O–H groups in total. The number of imidazole rings is 1. The van der Waals surface area contributed by atoms with E-state index in [2.05, 4.69) is 17.1 Å². The van der Waals surface area contributed by atoms with Crippen LogP contribution in [0.25, 0.3) is 0 Å². The van der Waals surface area contributed by atoms with Crippen LogP contribution in [0.5, 0.6) is 5.75 Å². The van der Waals surface area contributed by atoms with Crippen molar-refractivity contribution >= 4 is 0 Å². The molecular formula is C14H17N3O. The maximum atomic E-state index is 6.26. The van der Waals surface area contributed by atoms with E-state index in [4.69, 9.17) is 10.5 Å². The zero-order valence-electron chi connectivity index (χ0n) is 10.5. The Morgan fingerprint density at radius 2 is 2.39 bits per heavy atom. The number of nitrogens with zero attached hydrogens (tertiary/aromatic N) is 2. The van der Waals surface area contributed by atoms with Crippen molar-refractivity contribution in [3.63, 3.8) is 0 Å². The summed E-state index contributed by atoms with van der Waals surface area (Å²) in [5.74, 6) is 2.02. The molecule has 4 nitrogen and oxygen atoms in total. The second-order valence-electron chi connectivity index (χ2n) is 4.73. The first-order valence-corrected chi connectivity index (χ1v) is 6.21. The average Bonchev–Trinajstić information content (AvgIpc) is 2.98. The highest BCUT2D eigenvalue weighted by molar-refractivity contribution is 5.40. The van der Waals surface area contributed by atoms with Gasteiger partial charge in [0.15, 0.2) is 0 Å². The van der Waals surface area contributed by atoms with Crippen molar-refractivity contribution in [2.75, 3.05) is 6.61 Å². The van der Waals surface area contributed by atoms with E-state index in [1.807, 2.05) is 23.9 Å². The molecule has 0 aliphatic carbocycles. The van der Waals surface area contributed by atoms with Crippen molar-refractivity contribution in [3.8, 4) is 5.75 Å². The third kappa shape index (κ3) is 1.99. The van der Waals surface area contributed by atoms with Crippen LogP contribution in [0.3, 0.4) is 0 Å². The van der Waals surface area contributed by atoms with Crippen LogP contribution in [0.15, 0.2) is 30.6 Å². The Morgan fingerprint density at radius 3 is 3.17 bits per heavy atom. The molecule has 0 saturated carbocycles. The normalized spacial score (nSPS) is 15.2. The first kappa shape index (κ1) is 11.3. The Balaban J connectivity index is 1.80. The number of benzene rings is 1. The molecule has 1 aromatic heterocycles. The molecule has 1 atom stereocenters. The largest absolute Gasteiger partial charge is 0.493 e. The molecule has 0 spiro atoms. The highest BCUT2D eigenvalue weighted by Crippen LogP contribution is 2.28. The maximum Gasteiger partial charge on any atom is 0.122 e. The first-order chi connectivity index (χ1) is 8.74. The third-order valence-electron chi connectivity index (χ3n) is 3.47. The number of aryl methyl sites for hydroxylation is 1. The molecule has 4 heteroatoms. The van der Waals surface area contributed by atoms with Crippen molar-refractivity contribution in [3.05, 3.63) is 47.5 Å². The molecule has 0 radical (unpaired) electrons. The lowest BCUT2D eigenvalue weighted by Gasteiger charge is -2.13. The fourth-order valence-electron chi connectivity index (χ4n) is 2.34. The summed E-state index contributed by atoms with van der Waals surface area (Å²) in [4.78, 5) is 4.31. The molecule has 1 aliphatic rings. The van der Waals surface area contributed by atoms with Crippen LogP contribution >= 0.6 is 0 Å². The number of nitrogens with two attached hydrogens (primary N) is 1. The Hall–Kier alpha value is -1.81. The van der Waals surface area contributed by atoms with Crippen molar-refractivity contribution < 1.29 is 4.74 Å². The lowest BCUT2D eigenvalue weighted by Crippen LogP contribution is -2.15. The lowest BCUT2D eigenvalue weighted by molar-refractivity contribution is 0.357. The average molecular weight is 243 g/mol. The molecule has 0 bridgehead atoms. The van der Waals surface area contributed by atoms with Crippen LogP contribution in [0.1, 0.15) is 23.0 Å². The van der Waals surface area contributed by atoms with E-state index >= 15 is 0 Å². The van der Waals surface area contributed by atoms with E-state index in [0.29, 0.717) is 0 Å². The Morgan fingerprint density at radius 1 is 1.50 bits per heavy atom. The molecule has 1 aliphatic heterocycles. The van der Waals surface area contributed by atoms with Crippen LogP contribution in [0.2, 0.25) is 0 Å². The first-order valence-electron chi connectivity index (χ1n) is 6.21. The van der Waals surface area contributed by atoms with E-state index in [-0.39, 0.29) is 6.04 Å². The van der Waals surface area contributed by atoms with Gasteiger partial charge in [0.1, 0.15) is 11.6 Å². The quantitative estimate of drug-likeness (QED) is 0.890. The fourth-order valence-corrected chi connectivity index (χ4v) is 2.34. The maximum absolute atomic E-state index is 6.26. The zero-order valence-corrected chi connectivity index (χ0v) is 10.5. The number of aromatic nitrogens is 2. The topological polar surface area (TPSA) is 53.1 Å². The highest BCUT2D eigenvalue weighted by atomic mass is 16.5. The summed E-state index contributed by atoms with van der Waals surface area (Å²) < 4.78 is 7.51. The molecule has 0 saturated heterocycles. The van der Waals surface area contributed by atoms with Gasteiger partial charge in [0.2, 0.25) is 0 Å². The summed E-state index contributed by atoms with van der Waals surface area (Å²) in [6.45, 7) is 0.785. The minimum absolute atomic E-state index is 0.0167. The standard InChI is InChI=1S/C14H17N3O/c1-17-6-5-16-14(17)9-12(15)10-2-3-13-11(8-10)4-7-18-13/h2-3,5-6,8,12H,4,7,9,15H2,1H3.